The van der Waals surface area contributed by atoms with E-state index in [9.17, 15) is 4.79 Å². The number of para-hydroxylation sites is 2. The topological polar surface area (TPSA) is 69.3 Å². The number of hydrogen-bond acceptors (Lipinski definition) is 5. The number of hydrogen-bond donors (Lipinski definition) is 1. The van der Waals surface area contributed by atoms with Crippen molar-refractivity contribution in [1.82, 2.24) is 4.90 Å². The second-order valence-electron chi connectivity index (χ2n) is 6.00. The lowest BCUT2D eigenvalue weighted by atomic mass is 10.2. The standard InChI is InChI=1S/C19H21ClN2O5/c1-22(10-12-11-26-15-6-4-5-7-16(15)27-12)19(23)21-14-8-13(20)17(24-2)9-18(14)25-3/h4-9,12H,10-11H2,1-3H3,(H,21,23). The van der Waals surface area contributed by atoms with Gasteiger partial charge in [0.25, 0.3) is 0 Å². The van der Waals surface area contributed by atoms with Crippen LogP contribution in [0.1, 0.15) is 0 Å². The van der Waals surface area contributed by atoms with Gasteiger partial charge in [-0.25, -0.2) is 4.79 Å². The lowest BCUT2D eigenvalue weighted by Gasteiger charge is -2.29. The summed E-state index contributed by atoms with van der Waals surface area (Å²) in [4.78, 5) is 14.1. The molecule has 1 N–H and O–H groups in total. The Balaban J connectivity index is 1.64. The summed E-state index contributed by atoms with van der Waals surface area (Å²) in [7, 11) is 4.70. The van der Waals surface area contributed by atoms with Crippen LogP contribution in [0.4, 0.5) is 10.5 Å². The molecule has 2 aromatic rings. The van der Waals surface area contributed by atoms with Crippen molar-refractivity contribution in [3.8, 4) is 23.0 Å². The molecule has 2 aromatic carbocycles. The smallest absolute Gasteiger partial charge is 0.321 e. The molecular formula is C19H21ClN2O5. The molecule has 0 spiro atoms. The van der Waals surface area contributed by atoms with Crippen LogP contribution in [0.25, 0.3) is 0 Å². The molecular weight excluding hydrogens is 372 g/mol. The Hall–Kier alpha value is -2.80. The first kappa shape index (κ1) is 19.0. The molecule has 3 rings (SSSR count). The van der Waals surface area contributed by atoms with Gasteiger partial charge in [0.05, 0.1) is 31.5 Å². The molecule has 1 aliphatic heterocycles. The normalized spacial score (nSPS) is 15.0. The Bertz CT molecular complexity index is 830. The van der Waals surface area contributed by atoms with Gasteiger partial charge in [0, 0.05) is 13.1 Å². The summed E-state index contributed by atoms with van der Waals surface area (Å²) in [6, 6.07) is 10.3. The van der Waals surface area contributed by atoms with Crippen LogP contribution in [-0.4, -0.2) is 51.5 Å². The van der Waals surface area contributed by atoms with Gasteiger partial charge in [-0.15, -0.1) is 0 Å². The van der Waals surface area contributed by atoms with Crippen LogP contribution >= 0.6 is 11.6 Å². The molecule has 0 bridgehead atoms. The molecule has 2 amide bonds. The highest BCUT2D eigenvalue weighted by atomic mass is 35.5. The van der Waals surface area contributed by atoms with Crippen molar-refractivity contribution < 1.29 is 23.7 Å². The van der Waals surface area contributed by atoms with Gasteiger partial charge in [-0.3, -0.25) is 0 Å². The van der Waals surface area contributed by atoms with Gasteiger partial charge in [-0.05, 0) is 18.2 Å². The zero-order valence-corrected chi connectivity index (χ0v) is 16.1. The molecule has 0 saturated heterocycles. The van der Waals surface area contributed by atoms with Gasteiger partial charge in [-0.2, -0.15) is 0 Å². The van der Waals surface area contributed by atoms with Crippen LogP contribution in [0.15, 0.2) is 36.4 Å². The predicted molar refractivity (Wildman–Crippen MR) is 103 cm³/mol. The van der Waals surface area contributed by atoms with Crippen LogP contribution in [0.2, 0.25) is 5.02 Å². The highest BCUT2D eigenvalue weighted by Gasteiger charge is 2.24. The summed E-state index contributed by atoms with van der Waals surface area (Å²) in [5.41, 5.74) is 0.450. The molecule has 0 aromatic heterocycles. The predicted octanol–water partition coefficient (Wildman–Crippen LogP) is 3.66. The van der Waals surface area contributed by atoms with Gasteiger partial charge >= 0.3 is 6.03 Å². The van der Waals surface area contributed by atoms with Crippen molar-refractivity contribution in [3.63, 3.8) is 0 Å². The highest BCUT2D eigenvalue weighted by molar-refractivity contribution is 6.32. The Morgan fingerprint density at radius 1 is 1.22 bits per heavy atom. The summed E-state index contributed by atoms with van der Waals surface area (Å²) in [6.07, 6.45) is -0.267. The van der Waals surface area contributed by atoms with Crippen molar-refractivity contribution in [2.24, 2.45) is 0 Å². The number of rotatable bonds is 5. The number of halogens is 1. The number of nitrogens with zero attached hydrogens (tertiary/aromatic N) is 1. The fourth-order valence-electron chi connectivity index (χ4n) is 2.71. The summed E-state index contributed by atoms with van der Waals surface area (Å²) in [5.74, 6) is 2.29. The number of nitrogens with one attached hydrogen (secondary N) is 1. The van der Waals surface area contributed by atoms with Crippen LogP contribution in [0, 0.1) is 0 Å². The summed E-state index contributed by atoms with van der Waals surface area (Å²) in [5, 5.41) is 3.16. The summed E-state index contributed by atoms with van der Waals surface area (Å²) >= 11 is 6.14. The van der Waals surface area contributed by atoms with Crippen molar-refractivity contribution in [3.05, 3.63) is 41.4 Å². The van der Waals surface area contributed by atoms with Crippen LogP contribution in [0.5, 0.6) is 23.0 Å². The van der Waals surface area contributed by atoms with Crippen LogP contribution in [0.3, 0.4) is 0 Å². The Kier molecular flexibility index (Phi) is 5.81. The monoisotopic (exact) mass is 392 g/mol. The second-order valence-corrected chi connectivity index (χ2v) is 6.40. The third kappa shape index (κ3) is 4.31. The zero-order valence-electron chi connectivity index (χ0n) is 15.3. The first-order chi connectivity index (χ1) is 13.0. The number of ether oxygens (including phenoxy) is 4. The number of methoxy groups -OCH3 is 2. The van der Waals surface area contributed by atoms with E-state index in [1.165, 1.54) is 19.1 Å². The van der Waals surface area contributed by atoms with Crippen molar-refractivity contribution in [2.75, 3.05) is 39.7 Å². The number of likely N-dealkylation sites (N-methyl/N-ethyl adjacent to an activating group) is 1. The molecule has 0 fully saturated rings. The average Bonchev–Trinajstić information content (AvgIpc) is 2.68. The van der Waals surface area contributed by atoms with E-state index in [0.717, 1.165) is 0 Å². The molecule has 0 saturated carbocycles. The van der Waals surface area contributed by atoms with Gasteiger partial charge in [-0.1, -0.05) is 23.7 Å². The largest absolute Gasteiger partial charge is 0.495 e. The summed E-state index contributed by atoms with van der Waals surface area (Å²) in [6.45, 7) is 0.721. The molecule has 1 unspecified atom stereocenters. The second kappa shape index (κ2) is 8.26. The molecule has 0 radical (unpaired) electrons. The zero-order chi connectivity index (χ0) is 19.4. The lowest BCUT2D eigenvalue weighted by molar-refractivity contribution is 0.0731. The number of amides is 2. The van der Waals surface area contributed by atoms with E-state index in [0.29, 0.717) is 46.9 Å². The van der Waals surface area contributed by atoms with Crippen LogP contribution < -0.4 is 24.3 Å². The third-order valence-electron chi connectivity index (χ3n) is 4.11. The SMILES string of the molecule is COc1cc(OC)c(NC(=O)N(C)CC2COc3ccccc3O2)cc1Cl. The number of fused-ring (bicyclic) bond motifs is 1. The molecule has 7 nitrogen and oxygen atoms in total. The Morgan fingerprint density at radius 3 is 2.63 bits per heavy atom. The molecule has 1 heterocycles. The number of benzene rings is 2. The first-order valence-electron chi connectivity index (χ1n) is 8.34. The number of anilines is 1. The van der Waals surface area contributed by atoms with Crippen molar-refractivity contribution in [1.29, 1.82) is 0 Å². The van der Waals surface area contributed by atoms with Gasteiger partial charge in [0.15, 0.2) is 17.6 Å². The van der Waals surface area contributed by atoms with E-state index in [-0.39, 0.29) is 12.1 Å². The number of urea groups is 1. The molecule has 1 aliphatic rings. The number of carbonyl (C=O) groups is 1. The van der Waals surface area contributed by atoms with E-state index in [1.807, 2.05) is 24.3 Å². The molecule has 144 valence electrons. The maximum atomic E-state index is 12.6. The van der Waals surface area contributed by atoms with Crippen molar-refractivity contribution >= 4 is 23.3 Å². The third-order valence-corrected chi connectivity index (χ3v) is 4.40. The van der Waals surface area contributed by atoms with E-state index in [2.05, 4.69) is 5.32 Å². The fraction of sp³-hybridized carbons (Fsp3) is 0.316. The minimum atomic E-state index is -0.322. The maximum absolute atomic E-state index is 12.6. The fourth-order valence-corrected chi connectivity index (χ4v) is 2.95. The summed E-state index contributed by atoms with van der Waals surface area (Å²) < 4.78 is 22.0. The minimum Gasteiger partial charge on any atom is -0.495 e. The molecule has 0 aliphatic carbocycles. The Labute approximate surface area is 162 Å². The molecule has 8 heteroatoms. The first-order valence-corrected chi connectivity index (χ1v) is 8.71. The minimum absolute atomic E-state index is 0.267. The quantitative estimate of drug-likeness (QED) is 0.840. The van der Waals surface area contributed by atoms with Gasteiger partial charge in [0.2, 0.25) is 0 Å². The van der Waals surface area contributed by atoms with Crippen molar-refractivity contribution in [2.45, 2.75) is 6.10 Å². The molecule has 1 atom stereocenters. The Morgan fingerprint density at radius 2 is 1.93 bits per heavy atom. The van der Waals surface area contributed by atoms with E-state index < -0.39 is 0 Å². The highest BCUT2D eigenvalue weighted by Crippen LogP contribution is 2.36. The molecule has 27 heavy (non-hydrogen) atoms. The van der Waals surface area contributed by atoms with Gasteiger partial charge in [0.1, 0.15) is 18.1 Å². The maximum Gasteiger partial charge on any atom is 0.321 e. The van der Waals surface area contributed by atoms with E-state index >= 15 is 0 Å². The number of carbonyl (C=O) groups excluding carboxylic acids is 1. The van der Waals surface area contributed by atoms with E-state index in [1.54, 1.807) is 19.2 Å². The lowest BCUT2D eigenvalue weighted by Crippen LogP contribution is -2.43. The van der Waals surface area contributed by atoms with Crippen LogP contribution in [-0.2, 0) is 0 Å². The van der Waals surface area contributed by atoms with E-state index in [4.69, 9.17) is 30.5 Å². The van der Waals surface area contributed by atoms with Gasteiger partial charge < -0.3 is 29.2 Å². The average molecular weight is 393 g/mol.